The lowest BCUT2D eigenvalue weighted by Crippen LogP contribution is -2.65. The van der Waals surface area contributed by atoms with Gasteiger partial charge in [-0.3, -0.25) is 19.7 Å². The minimum absolute atomic E-state index is 0.149. The molecule has 1 aromatic rings. The molecule has 2 heterocycles. The fourth-order valence-electron chi connectivity index (χ4n) is 2.16. The fourth-order valence-corrected chi connectivity index (χ4v) is 2.38. The average Bonchev–Trinajstić information content (AvgIpc) is 2.74. The Hall–Kier alpha value is -1.82. The predicted molar refractivity (Wildman–Crippen MR) is 73.4 cm³/mol. The summed E-state index contributed by atoms with van der Waals surface area (Å²) in [6.07, 6.45) is 1.65. The molecule has 6 nitrogen and oxygen atoms in total. The van der Waals surface area contributed by atoms with Gasteiger partial charge >= 0.3 is 0 Å². The Morgan fingerprint density at radius 2 is 2.10 bits per heavy atom. The number of nitrogens with one attached hydrogen (secondary N) is 1. The molecule has 0 atom stereocenters. The molecule has 0 aromatic carbocycles. The first-order valence-corrected chi connectivity index (χ1v) is 6.67. The number of halogens is 1. The summed E-state index contributed by atoms with van der Waals surface area (Å²) >= 11 is 5.92. The molecule has 0 aliphatic carbocycles. The van der Waals surface area contributed by atoms with E-state index in [2.05, 4.69) is 5.32 Å². The number of aryl methyl sites for hydroxylation is 1. The van der Waals surface area contributed by atoms with Crippen molar-refractivity contribution < 1.29 is 14.4 Å². The van der Waals surface area contributed by atoms with E-state index in [9.17, 15) is 14.4 Å². The maximum Gasteiger partial charge on any atom is 0.271 e. The quantitative estimate of drug-likeness (QED) is 0.829. The monoisotopic (exact) mass is 297 g/mol. The molecule has 1 N–H and O–H groups in total. The van der Waals surface area contributed by atoms with Crippen molar-refractivity contribution in [1.29, 1.82) is 0 Å². The number of carbonyl (C=O) groups is 3. The zero-order valence-electron chi connectivity index (χ0n) is 11.6. The summed E-state index contributed by atoms with van der Waals surface area (Å²) in [5.41, 5.74) is -0.714. The molecule has 3 amide bonds. The van der Waals surface area contributed by atoms with E-state index in [1.165, 1.54) is 4.90 Å². The number of hydrogen-bond acceptors (Lipinski definition) is 3. The van der Waals surface area contributed by atoms with Crippen LogP contribution in [0.3, 0.4) is 0 Å². The van der Waals surface area contributed by atoms with Gasteiger partial charge in [-0.2, -0.15) is 0 Å². The number of hydrogen-bond donors (Lipinski definition) is 1. The smallest absolute Gasteiger partial charge is 0.271 e. The molecule has 0 bridgehead atoms. The Labute approximate surface area is 121 Å². The highest BCUT2D eigenvalue weighted by Crippen LogP contribution is 2.23. The van der Waals surface area contributed by atoms with E-state index in [1.54, 1.807) is 30.7 Å². The molecule has 1 aliphatic rings. The lowest BCUT2D eigenvalue weighted by atomic mass is 9.98. The Morgan fingerprint density at radius 3 is 2.70 bits per heavy atom. The lowest BCUT2D eigenvalue weighted by molar-refractivity contribution is -0.143. The van der Waals surface area contributed by atoms with E-state index in [0.29, 0.717) is 17.3 Å². The Bertz CT molecular complexity index is 592. The summed E-state index contributed by atoms with van der Waals surface area (Å²) < 4.78 is 1.69. The Balaban J connectivity index is 2.40. The van der Waals surface area contributed by atoms with Crippen LogP contribution in [0.15, 0.2) is 12.3 Å². The van der Waals surface area contributed by atoms with E-state index >= 15 is 0 Å². The van der Waals surface area contributed by atoms with E-state index < -0.39 is 17.4 Å². The highest BCUT2D eigenvalue weighted by molar-refractivity contribution is 6.31. The van der Waals surface area contributed by atoms with Crippen LogP contribution in [0.2, 0.25) is 5.02 Å². The highest BCUT2D eigenvalue weighted by Gasteiger charge is 2.44. The number of amides is 3. The maximum atomic E-state index is 12.6. The third-order valence-electron chi connectivity index (χ3n) is 3.45. The fraction of sp³-hybridized carbons (Fsp3) is 0.462. The summed E-state index contributed by atoms with van der Waals surface area (Å²) in [5.74, 6) is -1.35. The molecule has 7 heteroatoms. The van der Waals surface area contributed by atoms with E-state index in [-0.39, 0.29) is 12.5 Å². The summed E-state index contributed by atoms with van der Waals surface area (Å²) in [6.45, 7) is 5.51. The largest absolute Gasteiger partial charge is 0.342 e. The van der Waals surface area contributed by atoms with E-state index in [4.69, 9.17) is 11.6 Å². The van der Waals surface area contributed by atoms with Crippen LogP contribution in [-0.4, -0.2) is 39.3 Å². The molecule has 1 fully saturated rings. The Kier molecular flexibility index (Phi) is 3.60. The number of piperazine rings is 1. The minimum Gasteiger partial charge on any atom is -0.342 e. The van der Waals surface area contributed by atoms with Crippen molar-refractivity contribution in [2.24, 2.45) is 0 Å². The molecule has 0 unspecified atom stereocenters. The van der Waals surface area contributed by atoms with Crippen molar-refractivity contribution in [3.63, 3.8) is 0 Å². The molecule has 0 radical (unpaired) electrons. The van der Waals surface area contributed by atoms with Crippen molar-refractivity contribution >= 4 is 29.3 Å². The third kappa shape index (κ3) is 2.31. The van der Waals surface area contributed by atoms with Gasteiger partial charge in [0.2, 0.25) is 5.91 Å². The molecule has 108 valence electrons. The average molecular weight is 298 g/mol. The second-order valence-corrected chi connectivity index (χ2v) is 5.59. The van der Waals surface area contributed by atoms with Gasteiger partial charge in [0.1, 0.15) is 17.8 Å². The van der Waals surface area contributed by atoms with Gasteiger partial charge in [-0.25, -0.2) is 0 Å². The number of rotatable bonds is 2. The van der Waals surface area contributed by atoms with Gasteiger partial charge in [0.15, 0.2) is 0 Å². The van der Waals surface area contributed by atoms with Gasteiger partial charge in [-0.1, -0.05) is 11.6 Å². The molecular weight excluding hydrogens is 282 g/mol. The zero-order chi connectivity index (χ0) is 15.1. The molecule has 1 aliphatic heterocycles. The van der Waals surface area contributed by atoms with Crippen LogP contribution in [0.1, 0.15) is 31.3 Å². The summed E-state index contributed by atoms with van der Waals surface area (Å²) in [7, 11) is 0. The molecule has 1 saturated heterocycles. The zero-order valence-corrected chi connectivity index (χ0v) is 12.3. The summed E-state index contributed by atoms with van der Waals surface area (Å²) in [6, 6.07) is 1.54. The molecular formula is C13H16ClN3O3. The summed E-state index contributed by atoms with van der Waals surface area (Å²) in [5, 5.41) is 2.68. The van der Waals surface area contributed by atoms with Gasteiger partial charge in [0.05, 0.1) is 5.02 Å². The van der Waals surface area contributed by atoms with Crippen molar-refractivity contribution in [3.05, 3.63) is 23.0 Å². The number of aromatic nitrogens is 1. The number of carbonyl (C=O) groups excluding carboxylic acids is 3. The van der Waals surface area contributed by atoms with Gasteiger partial charge in [0.25, 0.3) is 11.8 Å². The van der Waals surface area contributed by atoms with E-state index in [0.717, 1.165) is 0 Å². The summed E-state index contributed by atoms with van der Waals surface area (Å²) in [4.78, 5) is 37.3. The van der Waals surface area contributed by atoms with Crippen molar-refractivity contribution in [3.8, 4) is 0 Å². The van der Waals surface area contributed by atoms with Crippen LogP contribution in [0.5, 0.6) is 0 Å². The van der Waals surface area contributed by atoms with Crippen LogP contribution in [-0.2, 0) is 16.1 Å². The Morgan fingerprint density at radius 1 is 1.45 bits per heavy atom. The van der Waals surface area contributed by atoms with Gasteiger partial charge < -0.3 is 9.47 Å². The normalized spacial score (nSPS) is 18.1. The van der Waals surface area contributed by atoms with Gasteiger partial charge in [-0.05, 0) is 26.8 Å². The SMILES string of the molecule is CCn1cc(Cl)cc1C(=O)N1CC(=O)NC(=O)C1(C)C. The van der Waals surface area contributed by atoms with Crippen LogP contribution in [0.25, 0.3) is 0 Å². The van der Waals surface area contributed by atoms with Crippen LogP contribution in [0, 0.1) is 0 Å². The second-order valence-electron chi connectivity index (χ2n) is 5.16. The van der Waals surface area contributed by atoms with Crippen molar-refractivity contribution in [1.82, 2.24) is 14.8 Å². The van der Waals surface area contributed by atoms with Crippen molar-refractivity contribution in [2.45, 2.75) is 32.9 Å². The topological polar surface area (TPSA) is 71.4 Å². The van der Waals surface area contributed by atoms with Crippen molar-refractivity contribution in [2.75, 3.05) is 6.54 Å². The van der Waals surface area contributed by atoms with Gasteiger partial charge in [-0.15, -0.1) is 0 Å². The standard InChI is InChI=1S/C13H16ClN3O3/c1-4-16-6-8(14)5-9(16)11(19)17-7-10(18)15-12(20)13(17,2)3/h5-6H,4,7H2,1-3H3,(H,15,18,20). The van der Waals surface area contributed by atoms with E-state index in [1.807, 2.05) is 6.92 Å². The minimum atomic E-state index is -1.08. The van der Waals surface area contributed by atoms with Crippen LogP contribution < -0.4 is 5.32 Å². The lowest BCUT2D eigenvalue weighted by Gasteiger charge is -2.40. The predicted octanol–water partition coefficient (Wildman–Crippen LogP) is 1.04. The first-order valence-electron chi connectivity index (χ1n) is 6.29. The molecule has 0 spiro atoms. The molecule has 1 aromatic heterocycles. The first-order chi connectivity index (χ1) is 9.27. The highest BCUT2D eigenvalue weighted by atomic mass is 35.5. The molecule has 20 heavy (non-hydrogen) atoms. The molecule has 0 saturated carbocycles. The third-order valence-corrected chi connectivity index (χ3v) is 3.66. The van der Waals surface area contributed by atoms with Gasteiger partial charge in [0, 0.05) is 12.7 Å². The second kappa shape index (κ2) is 4.94. The molecule has 2 rings (SSSR count). The van der Waals surface area contributed by atoms with Crippen LogP contribution in [0.4, 0.5) is 0 Å². The number of nitrogens with zero attached hydrogens (tertiary/aromatic N) is 2. The van der Waals surface area contributed by atoms with Crippen LogP contribution >= 0.6 is 11.6 Å². The number of imide groups is 1. The maximum absolute atomic E-state index is 12.6. The first kappa shape index (κ1) is 14.6.